The highest BCUT2D eigenvalue weighted by Gasteiger charge is 2.43. The average Bonchev–Trinajstić information content (AvgIpc) is 2.94. The van der Waals surface area contributed by atoms with E-state index in [0.717, 1.165) is 6.33 Å². The van der Waals surface area contributed by atoms with Crippen molar-refractivity contribution in [2.24, 2.45) is 0 Å². The fraction of sp³-hybridized carbons (Fsp3) is 0.500. The van der Waals surface area contributed by atoms with Gasteiger partial charge in [-0.25, -0.2) is 9.97 Å². The largest absolute Gasteiger partial charge is 0.492 e. The molecule has 10 heteroatoms. The molecule has 4 atom stereocenters. The predicted octanol–water partition coefficient (Wildman–Crippen LogP) is -1.74. The minimum absolute atomic E-state index is 0. The molecule has 0 spiro atoms. The molecule has 1 aliphatic heterocycles. The molecule has 0 aromatic carbocycles. The number of rotatable bonds is 2. The van der Waals surface area contributed by atoms with Gasteiger partial charge in [0, 0.05) is 0 Å². The molecule has 3 heterocycles. The van der Waals surface area contributed by atoms with Crippen LogP contribution in [-0.4, -0.2) is 64.9 Å². The van der Waals surface area contributed by atoms with Crippen LogP contribution in [-0.2, 0) is 4.74 Å². The van der Waals surface area contributed by atoms with Gasteiger partial charge in [0.05, 0.1) is 12.9 Å². The van der Waals surface area contributed by atoms with Gasteiger partial charge in [0.1, 0.15) is 24.6 Å². The number of aliphatic hydroxyl groups is 3. The lowest BCUT2D eigenvalue weighted by atomic mass is 10.1. The first-order valence-corrected chi connectivity index (χ1v) is 5.62. The Hall–Kier alpha value is -1.46. The summed E-state index contributed by atoms with van der Waals surface area (Å²) < 4.78 is 6.73. The monoisotopic (exact) mass is 302 g/mol. The summed E-state index contributed by atoms with van der Waals surface area (Å²) >= 11 is 0. The minimum Gasteiger partial charge on any atom is -0.492 e. The number of aliphatic hydroxyl groups excluding tert-OH is 3. The summed E-state index contributed by atoms with van der Waals surface area (Å²) in [7, 11) is 0. The molecule has 0 radical (unpaired) electrons. The van der Waals surface area contributed by atoms with E-state index in [2.05, 4.69) is 15.0 Å². The average molecular weight is 302 g/mol. The lowest BCUT2D eigenvalue weighted by Gasteiger charge is -2.16. The molecule has 2 aromatic rings. The van der Waals surface area contributed by atoms with Crippen LogP contribution in [0.25, 0.3) is 11.2 Å². The van der Waals surface area contributed by atoms with E-state index in [9.17, 15) is 15.3 Å². The second kappa shape index (κ2) is 5.50. The summed E-state index contributed by atoms with van der Waals surface area (Å²) in [5, 5.41) is 38.2. The standard InChI is InChI=1S/C10H12N4O5.H2S/c15-1-4-6(16)7(17)10(19-4)14-3-13-5-8(14)11-2-12-9(5)18;/h2-4,6-7,10,15-17H,1H2,(H,11,12,18);1H2/t4-,6-,7-,10-;/m1./s1. The fourth-order valence-corrected chi connectivity index (χ4v) is 2.14. The number of hydrogen-bond donors (Lipinski definition) is 4. The normalized spacial score (nSPS) is 29.6. The molecule has 1 aliphatic rings. The summed E-state index contributed by atoms with van der Waals surface area (Å²) in [5.41, 5.74) is 0.433. The number of imidazole rings is 1. The first kappa shape index (κ1) is 14.9. The molecular formula is C10H14N4O5S. The molecular weight excluding hydrogens is 288 g/mol. The van der Waals surface area contributed by atoms with E-state index in [-0.39, 0.29) is 30.5 Å². The van der Waals surface area contributed by atoms with Gasteiger partial charge in [0.15, 0.2) is 17.4 Å². The molecule has 0 unspecified atom stereocenters. The van der Waals surface area contributed by atoms with Gasteiger partial charge in [0.25, 0.3) is 0 Å². The maximum absolute atomic E-state index is 9.92. The first-order chi connectivity index (χ1) is 9.13. The maximum atomic E-state index is 9.92. The highest BCUT2D eigenvalue weighted by atomic mass is 32.1. The summed E-state index contributed by atoms with van der Waals surface area (Å²) in [6.45, 7) is -0.415. The van der Waals surface area contributed by atoms with Gasteiger partial charge < -0.3 is 25.2 Å². The van der Waals surface area contributed by atoms with Crippen molar-refractivity contribution in [2.45, 2.75) is 24.5 Å². The third-order valence-electron chi connectivity index (χ3n) is 3.13. The Morgan fingerprint density at radius 3 is 2.60 bits per heavy atom. The van der Waals surface area contributed by atoms with Crippen molar-refractivity contribution in [1.82, 2.24) is 19.5 Å². The number of hydrogen-bond acceptors (Lipinski definition) is 8. The molecule has 1 fully saturated rings. The molecule has 20 heavy (non-hydrogen) atoms. The van der Waals surface area contributed by atoms with Crippen LogP contribution in [0.3, 0.4) is 0 Å². The van der Waals surface area contributed by atoms with E-state index >= 15 is 0 Å². The Bertz CT molecular complexity index is 608. The van der Waals surface area contributed by atoms with Gasteiger partial charge in [-0.1, -0.05) is 0 Å². The molecule has 3 rings (SSSR count). The predicted molar refractivity (Wildman–Crippen MR) is 70.4 cm³/mol. The summed E-state index contributed by atoms with van der Waals surface area (Å²) in [6.07, 6.45) is -1.79. The van der Waals surface area contributed by atoms with Crippen LogP contribution < -0.4 is 0 Å². The topological polar surface area (TPSA) is 134 Å². The lowest BCUT2D eigenvalue weighted by Crippen LogP contribution is -2.33. The van der Waals surface area contributed by atoms with Crippen LogP contribution in [0.2, 0.25) is 0 Å². The van der Waals surface area contributed by atoms with Gasteiger partial charge in [-0.3, -0.25) is 4.57 Å². The third-order valence-corrected chi connectivity index (χ3v) is 3.13. The van der Waals surface area contributed by atoms with Crippen LogP contribution in [0.4, 0.5) is 0 Å². The van der Waals surface area contributed by atoms with Crippen molar-refractivity contribution in [3.63, 3.8) is 0 Å². The second-order valence-corrected chi connectivity index (χ2v) is 4.25. The zero-order chi connectivity index (χ0) is 13.6. The zero-order valence-electron chi connectivity index (χ0n) is 10.2. The van der Waals surface area contributed by atoms with Crippen LogP contribution in [0.1, 0.15) is 6.23 Å². The summed E-state index contributed by atoms with van der Waals surface area (Å²) in [5.74, 6) is -0.282. The van der Waals surface area contributed by atoms with Crippen LogP contribution in [0.15, 0.2) is 12.7 Å². The van der Waals surface area contributed by atoms with Gasteiger partial charge in [-0.2, -0.15) is 18.5 Å². The van der Waals surface area contributed by atoms with Gasteiger partial charge in [0.2, 0.25) is 5.88 Å². The number of aromatic nitrogens is 4. The van der Waals surface area contributed by atoms with E-state index in [4.69, 9.17) is 9.84 Å². The highest BCUT2D eigenvalue weighted by Crippen LogP contribution is 2.32. The first-order valence-electron chi connectivity index (χ1n) is 5.62. The van der Waals surface area contributed by atoms with Crippen molar-refractivity contribution in [1.29, 1.82) is 0 Å². The molecule has 0 bridgehead atoms. The molecule has 4 N–H and O–H groups in total. The second-order valence-electron chi connectivity index (χ2n) is 4.25. The highest BCUT2D eigenvalue weighted by molar-refractivity contribution is 7.59. The summed E-state index contributed by atoms with van der Waals surface area (Å²) in [6, 6.07) is 0. The van der Waals surface area contributed by atoms with Crippen LogP contribution in [0.5, 0.6) is 5.88 Å². The Balaban J connectivity index is 0.00000147. The van der Waals surface area contributed by atoms with Crippen molar-refractivity contribution in [3.05, 3.63) is 12.7 Å². The minimum atomic E-state index is -1.23. The Kier molecular flexibility index (Phi) is 4.11. The molecule has 0 amide bonds. The summed E-state index contributed by atoms with van der Waals surface area (Å²) in [4.78, 5) is 11.5. The molecule has 1 saturated heterocycles. The number of ether oxygens (including phenoxy) is 1. The lowest BCUT2D eigenvalue weighted by molar-refractivity contribution is -0.0511. The number of nitrogens with zero attached hydrogens (tertiary/aromatic N) is 4. The Morgan fingerprint density at radius 1 is 1.20 bits per heavy atom. The van der Waals surface area contributed by atoms with Gasteiger partial charge >= 0.3 is 0 Å². The van der Waals surface area contributed by atoms with E-state index in [1.54, 1.807) is 0 Å². The van der Waals surface area contributed by atoms with Crippen molar-refractivity contribution in [3.8, 4) is 5.88 Å². The molecule has 110 valence electrons. The Morgan fingerprint density at radius 2 is 1.95 bits per heavy atom. The van der Waals surface area contributed by atoms with E-state index in [1.165, 1.54) is 10.9 Å². The Labute approximate surface area is 119 Å². The number of aromatic hydroxyl groups is 1. The van der Waals surface area contributed by atoms with Crippen molar-refractivity contribution >= 4 is 24.7 Å². The zero-order valence-corrected chi connectivity index (χ0v) is 11.2. The van der Waals surface area contributed by atoms with Gasteiger partial charge in [-0.05, 0) is 0 Å². The van der Waals surface area contributed by atoms with Crippen LogP contribution in [0, 0.1) is 0 Å². The van der Waals surface area contributed by atoms with Crippen molar-refractivity contribution in [2.75, 3.05) is 6.61 Å². The molecule has 9 nitrogen and oxygen atoms in total. The van der Waals surface area contributed by atoms with E-state index in [0.29, 0.717) is 0 Å². The smallest absolute Gasteiger partial charge is 0.242 e. The number of fused-ring (bicyclic) bond motifs is 1. The van der Waals surface area contributed by atoms with E-state index < -0.39 is 31.1 Å². The third kappa shape index (κ3) is 2.11. The van der Waals surface area contributed by atoms with E-state index in [1.807, 2.05) is 0 Å². The van der Waals surface area contributed by atoms with Gasteiger partial charge in [-0.15, -0.1) is 0 Å². The molecule has 2 aromatic heterocycles. The SMILES string of the molecule is OC[C@H]1O[C@@H](n2cnc3c(O)ncnc32)[C@H](O)[C@@H]1O.S. The molecule has 0 saturated carbocycles. The molecule has 0 aliphatic carbocycles. The van der Waals surface area contributed by atoms with Crippen molar-refractivity contribution < 1.29 is 25.2 Å². The van der Waals surface area contributed by atoms with Crippen LogP contribution >= 0.6 is 13.5 Å². The quantitative estimate of drug-likeness (QED) is 0.513. The maximum Gasteiger partial charge on any atom is 0.242 e. The fourth-order valence-electron chi connectivity index (χ4n) is 2.14.